The van der Waals surface area contributed by atoms with Gasteiger partial charge in [-0.25, -0.2) is 4.98 Å². The third-order valence-corrected chi connectivity index (χ3v) is 4.72. The van der Waals surface area contributed by atoms with Crippen molar-refractivity contribution in [1.29, 1.82) is 5.26 Å². The molecule has 7 heteroatoms. The molecule has 0 bridgehead atoms. The van der Waals surface area contributed by atoms with Crippen molar-refractivity contribution in [2.75, 3.05) is 13.1 Å². The van der Waals surface area contributed by atoms with E-state index in [4.69, 9.17) is 5.26 Å². The molecule has 0 spiro atoms. The molecule has 1 fully saturated rings. The quantitative estimate of drug-likeness (QED) is 0.539. The van der Waals surface area contributed by atoms with Gasteiger partial charge in [-0.3, -0.25) is 13.9 Å². The van der Waals surface area contributed by atoms with E-state index in [2.05, 4.69) is 16.3 Å². The second kappa shape index (κ2) is 6.06. The Hall–Kier alpha value is -3.14. The topological polar surface area (TPSA) is 79.2 Å². The Morgan fingerprint density at radius 1 is 1.40 bits per heavy atom. The summed E-state index contributed by atoms with van der Waals surface area (Å²) < 4.78 is 3.59. The summed E-state index contributed by atoms with van der Waals surface area (Å²) in [6.45, 7) is 1.40. The lowest BCUT2D eigenvalue weighted by Crippen LogP contribution is -2.16. The standard InChI is InChI=1S/C18H18N6O/c1-22-11-15(8-21-22)14-3-5-24-16(7-14)9-20-18(24)17(25)6-13-2-4-23(10-13)12-19/h3,5,7-9,11,13H,2,4,6,10H2,1H3/t13-/m0/s1. The van der Waals surface area contributed by atoms with Gasteiger partial charge < -0.3 is 4.90 Å². The molecule has 0 radical (unpaired) electrons. The Labute approximate surface area is 145 Å². The molecule has 0 N–H and O–H groups in total. The number of carbonyl (C=O) groups is 1. The van der Waals surface area contributed by atoms with Crippen LogP contribution in [0.1, 0.15) is 23.5 Å². The number of aromatic nitrogens is 4. The van der Waals surface area contributed by atoms with E-state index in [0.717, 1.165) is 29.6 Å². The highest BCUT2D eigenvalue weighted by molar-refractivity contribution is 5.94. The Morgan fingerprint density at radius 2 is 2.28 bits per heavy atom. The minimum absolute atomic E-state index is 0.0268. The molecule has 1 aliphatic rings. The largest absolute Gasteiger partial charge is 0.310 e. The lowest BCUT2D eigenvalue weighted by molar-refractivity contribution is 0.0952. The summed E-state index contributed by atoms with van der Waals surface area (Å²) in [7, 11) is 1.88. The van der Waals surface area contributed by atoms with Gasteiger partial charge in [0.15, 0.2) is 17.8 Å². The lowest BCUT2D eigenvalue weighted by atomic mass is 10.0. The molecule has 0 unspecified atom stereocenters. The van der Waals surface area contributed by atoms with Crippen LogP contribution in [-0.4, -0.2) is 42.9 Å². The van der Waals surface area contributed by atoms with Crippen LogP contribution in [0.2, 0.25) is 0 Å². The van der Waals surface area contributed by atoms with Gasteiger partial charge >= 0.3 is 0 Å². The molecule has 3 aromatic rings. The number of imidazole rings is 1. The number of carbonyl (C=O) groups excluding carboxylic acids is 1. The average Bonchev–Trinajstić information content (AvgIpc) is 3.33. The molecular weight excluding hydrogens is 316 g/mol. The number of nitriles is 1. The van der Waals surface area contributed by atoms with Crippen molar-refractivity contribution in [3.8, 4) is 17.3 Å². The van der Waals surface area contributed by atoms with Crippen LogP contribution in [0.3, 0.4) is 0 Å². The van der Waals surface area contributed by atoms with Gasteiger partial charge in [0.25, 0.3) is 0 Å². The van der Waals surface area contributed by atoms with Crippen LogP contribution in [0.15, 0.2) is 36.9 Å². The third kappa shape index (κ3) is 2.87. The van der Waals surface area contributed by atoms with E-state index in [9.17, 15) is 4.79 Å². The van der Waals surface area contributed by atoms with Crippen molar-refractivity contribution >= 4 is 11.3 Å². The number of rotatable bonds is 4. The highest BCUT2D eigenvalue weighted by Gasteiger charge is 2.25. The zero-order chi connectivity index (χ0) is 17.4. The lowest BCUT2D eigenvalue weighted by Gasteiger charge is -2.08. The second-order valence-corrected chi connectivity index (χ2v) is 6.52. The van der Waals surface area contributed by atoms with E-state index < -0.39 is 0 Å². The SMILES string of the molecule is Cn1cc(-c2ccn3c(C(=O)C[C@@H]4CCN(C#N)C4)ncc3c2)cn1. The smallest absolute Gasteiger partial charge is 0.198 e. The minimum atomic E-state index is 0.0268. The zero-order valence-electron chi connectivity index (χ0n) is 14.0. The normalized spacial score (nSPS) is 17.1. The summed E-state index contributed by atoms with van der Waals surface area (Å²) in [6, 6.07) is 3.98. The molecule has 1 aliphatic heterocycles. The summed E-state index contributed by atoms with van der Waals surface area (Å²) in [5.74, 6) is 0.719. The van der Waals surface area contributed by atoms with Crippen LogP contribution in [0.4, 0.5) is 0 Å². The number of Topliss-reactive ketones (excluding diaryl/α,β-unsaturated/α-hetero) is 1. The number of hydrogen-bond acceptors (Lipinski definition) is 5. The predicted molar refractivity (Wildman–Crippen MR) is 91.6 cm³/mol. The van der Waals surface area contributed by atoms with Crippen LogP contribution in [0, 0.1) is 17.4 Å². The molecule has 1 saturated heterocycles. The van der Waals surface area contributed by atoms with Crippen LogP contribution >= 0.6 is 0 Å². The van der Waals surface area contributed by atoms with Crippen molar-refractivity contribution in [3.63, 3.8) is 0 Å². The third-order valence-electron chi connectivity index (χ3n) is 4.72. The summed E-state index contributed by atoms with van der Waals surface area (Å²) in [6.07, 6.45) is 10.8. The fourth-order valence-electron chi connectivity index (χ4n) is 3.40. The monoisotopic (exact) mass is 334 g/mol. The van der Waals surface area contributed by atoms with E-state index in [1.807, 2.05) is 42.2 Å². The van der Waals surface area contributed by atoms with E-state index in [1.54, 1.807) is 15.8 Å². The average molecular weight is 334 g/mol. The predicted octanol–water partition coefficient (Wildman–Crippen LogP) is 2.11. The van der Waals surface area contributed by atoms with Crippen LogP contribution in [-0.2, 0) is 7.05 Å². The molecule has 1 atom stereocenters. The van der Waals surface area contributed by atoms with Crippen molar-refractivity contribution < 1.29 is 4.79 Å². The number of ketones is 1. The molecule has 0 aromatic carbocycles. The van der Waals surface area contributed by atoms with Crippen LogP contribution < -0.4 is 0 Å². The van der Waals surface area contributed by atoms with Crippen molar-refractivity contribution in [1.82, 2.24) is 24.1 Å². The van der Waals surface area contributed by atoms with E-state index in [0.29, 0.717) is 18.8 Å². The number of likely N-dealkylation sites (tertiary alicyclic amines) is 1. The summed E-state index contributed by atoms with van der Waals surface area (Å²) in [5.41, 5.74) is 2.95. The van der Waals surface area contributed by atoms with E-state index in [-0.39, 0.29) is 11.7 Å². The number of pyridine rings is 1. The van der Waals surface area contributed by atoms with E-state index >= 15 is 0 Å². The highest BCUT2D eigenvalue weighted by Crippen LogP contribution is 2.23. The molecule has 0 amide bonds. The first-order chi connectivity index (χ1) is 12.1. The maximum absolute atomic E-state index is 12.6. The molecule has 0 saturated carbocycles. The van der Waals surface area contributed by atoms with Crippen LogP contribution in [0.5, 0.6) is 0 Å². The van der Waals surface area contributed by atoms with Gasteiger partial charge in [0.05, 0.1) is 17.9 Å². The van der Waals surface area contributed by atoms with Gasteiger partial charge in [-0.05, 0) is 30.0 Å². The van der Waals surface area contributed by atoms with Crippen LogP contribution in [0.25, 0.3) is 16.6 Å². The molecule has 126 valence electrons. The Balaban J connectivity index is 1.57. The number of nitrogens with zero attached hydrogens (tertiary/aromatic N) is 6. The van der Waals surface area contributed by atoms with Crippen molar-refractivity contribution in [3.05, 3.63) is 42.7 Å². The van der Waals surface area contributed by atoms with Gasteiger partial charge in [0.2, 0.25) is 0 Å². The Kier molecular flexibility index (Phi) is 3.73. The van der Waals surface area contributed by atoms with Gasteiger partial charge in [-0.1, -0.05) is 0 Å². The van der Waals surface area contributed by atoms with Gasteiger partial charge in [-0.2, -0.15) is 10.4 Å². The Morgan fingerprint density at radius 3 is 3.00 bits per heavy atom. The second-order valence-electron chi connectivity index (χ2n) is 6.52. The molecule has 0 aliphatic carbocycles. The fourth-order valence-corrected chi connectivity index (χ4v) is 3.40. The molecule has 7 nitrogen and oxygen atoms in total. The number of aryl methyl sites for hydroxylation is 1. The number of fused-ring (bicyclic) bond motifs is 1. The highest BCUT2D eigenvalue weighted by atomic mass is 16.1. The molecule has 3 aromatic heterocycles. The maximum Gasteiger partial charge on any atom is 0.198 e. The Bertz CT molecular complexity index is 979. The summed E-state index contributed by atoms with van der Waals surface area (Å²) in [5, 5.41) is 13.1. The van der Waals surface area contributed by atoms with Crippen molar-refractivity contribution in [2.24, 2.45) is 13.0 Å². The van der Waals surface area contributed by atoms with Gasteiger partial charge in [0, 0.05) is 44.5 Å². The fraction of sp³-hybridized carbons (Fsp3) is 0.333. The first-order valence-electron chi connectivity index (χ1n) is 8.28. The van der Waals surface area contributed by atoms with Gasteiger partial charge in [0.1, 0.15) is 0 Å². The van der Waals surface area contributed by atoms with E-state index in [1.165, 1.54) is 0 Å². The van der Waals surface area contributed by atoms with Crippen molar-refractivity contribution in [2.45, 2.75) is 12.8 Å². The first kappa shape index (κ1) is 15.4. The van der Waals surface area contributed by atoms with Gasteiger partial charge in [-0.15, -0.1) is 0 Å². The summed E-state index contributed by atoms with van der Waals surface area (Å²) in [4.78, 5) is 18.7. The number of hydrogen-bond donors (Lipinski definition) is 0. The summed E-state index contributed by atoms with van der Waals surface area (Å²) >= 11 is 0. The zero-order valence-corrected chi connectivity index (χ0v) is 14.0. The molecule has 4 rings (SSSR count). The maximum atomic E-state index is 12.6. The minimum Gasteiger partial charge on any atom is -0.310 e. The molecule has 25 heavy (non-hydrogen) atoms. The molecular formula is C18H18N6O. The molecule has 4 heterocycles. The first-order valence-corrected chi connectivity index (χ1v) is 8.28.